The Morgan fingerprint density at radius 3 is 2.61 bits per heavy atom. The predicted octanol–water partition coefficient (Wildman–Crippen LogP) is 3.04. The topological polar surface area (TPSA) is 107 Å². The van der Waals surface area contributed by atoms with Crippen molar-refractivity contribution in [1.82, 2.24) is 0 Å². The van der Waals surface area contributed by atoms with Crippen LogP contribution in [0, 0.1) is 34.5 Å². The van der Waals surface area contributed by atoms with Crippen molar-refractivity contribution in [3.8, 4) is 0 Å². The highest BCUT2D eigenvalue weighted by molar-refractivity contribution is 5.95. The van der Waals surface area contributed by atoms with Gasteiger partial charge in [-0.3, -0.25) is 4.79 Å². The van der Waals surface area contributed by atoms with Crippen molar-refractivity contribution < 1.29 is 29.6 Å². The van der Waals surface area contributed by atoms with Crippen molar-refractivity contribution in [1.29, 1.82) is 0 Å². The number of hydrogen-bond donors (Lipinski definition) is 3. The average molecular weight is 522 g/mol. The van der Waals surface area contributed by atoms with E-state index in [-0.39, 0.29) is 28.6 Å². The standard InChI is InChI=1S/C31H39NO6/c1-17-15-30-18(2)13-22-24(29(22,3)4)21(26(30)35)14-19(16-33)25(34)31(30,37)27(17)38-28(36)23-11-8-12-32(23)20-9-6-5-7-10-20/h5-7,9-10,14-15,18,21-25,27,33-34,37H,8,11-13,16H2,1-4H3/t18?,21-,22+,23-,24-,25+,27-,30?,31-/m0/s1. The summed E-state index contributed by atoms with van der Waals surface area (Å²) < 4.78 is 6.13. The normalized spacial score (nSPS) is 42.9. The molecule has 7 heteroatoms. The van der Waals surface area contributed by atoms with Crippen LogP contribution in [-0.4, -0.2) is 64.1 Å². The van der Waals surface area contributed by atoms with E-state index < -0.39 is 47.8 Å². The van der Waals surface area contributed by atoms with Gasteiger partial charge in [0, 0.05) is 18.2 Å². The number of carbonyl (C=O) groups is 2. The van der Waals surface area contributed by atoms with E-state index in [2.05, 4.69) is 13.8 Å². The van der Waals surface area contributed by atoms with Crippen LogP contribution in [0.5, 0.6) is 0 Å². The van der Waals surface area contributed by atoms with Crippen LogP contribution < -0.4 is 4.90 Å². The number of Topliss-reactive ketones (excluding diaryl/α,β-unsaturated/α-hetero) is 1. The van der Waals surface area contributed by atoms with Crippen LogP contribution in [0.1, 0.15) is 47.0 Å². The predicted molar refractivity (Wildman–Crippen MR) is 142 cm³/mol. The first-order valence-corrected chi connectivity index (χ1v) is 14.0. The number of allylic oxidation sites excluding steroid dienone is 1. The quantitative estimate of drug-likeness (QED) is 0.413. The number of hydrogen-bond acceptors (Lipinski definition) is 7. The maximum Gasteiger partial charge on any atom is 0.329 e. The molecule has 7 nitrogen and oxygen atoms in total. The highest BCUT2D eigenvalue weighted by Gasteiger charge is 2.76. The Morgan fingerprint density at radius 1 is 1.21 bits per heavy atom. The number of ether oxygens (including phenoxy) is 1. The van der Waals surface area contributed by atoms with E-state index in [4.69, 9.17) is 4.74 Å². The first-order valence-electron chi connectivity index (χ1n) is 14.0. The van der Waals surface area contributed by atoms with Crippen molar-refractivity contribution in [2.45, 2.75) is 70.8 Å². The lowest BCUT2D eigenvalue weighted by Gasteiger charge is -2.49. The number of para-hydroxylation sites is 1. The van der Waals surface area contributed by atoms with Crippen molar-refractivity contribution in [2.75, 3.05) is 18.1 Å². The smallest absolute Gasteiger partial charge is 0.329 e. The van der Waals surface area contributed by atoms with Crippen LogP contribution in [-0.2, 0) is 14.3 Å². The number of benzene rings is 1. The Morgan fingerprint density at radius 2 is 1.92 bits per heavy atom. The fraction of sp³-hybridized carbons (Fsp3) is 0.613. The highest BCUT2D eigenvalue weighted by atomic mass is 16.6. The number of anilines is 1. The molecular weight excluding hydrogens is 482 g/mol. The van der Waals surface area contributed by atoms with Crippen LogP contribution >= 0.6 is 0 Å². The molecule has 204 valence electrons. The van der Waals surface area contributed by atoms with Gasteiger partial charge in [-0.15, -0.1) is 0 Å². The van der Waals surface area contributed by atoms with E-state index in [1.807, 2.05) is 42.2 Å². The molecule has 1 heterocycles. The minimum atomic E-state index is -2.11. The van der Waals surface area contributed by atoms with Gasteiger partial charge < -0.3 is 25.0 Å². The number of nitrogens with zero attached hydrogens (tertiary/aromatic N) is 1. The zero-order chi connectivity index (χ0) is 27.2. The number of fused-ring (bicyclic) bond motifs is 3. The third-order valence-electron chi connectivity index (χ3n) is 10.7. The van der Waals surface area contributed by atoms with E-state index in [0.717, 1.165) is 18.5 Å². The van der Waals surface area contributed by atoms with Crippen LogP contribution in [0.15, 0.2) is 53.6 Å². The third kappa shape index (κ3) is 3.18. The Bertz CT molecular complexity index is 1220. The number of ketones is 1. The minimum absolute atomic E-state index is 0.0345. The van der Waals surface area contributed by atoms with Crippen molar-refractivity contribution in [3.63, 3.8) is 0 Å². The number of aliphatic hydroxyl groups is 3. The second-order valence-electron chi connectivity index (χ2n) is 12.9. The van der Waals surface area contributed by atoms with Gasteiger partial charge >= 0.3 is 5.97 Å². The molecule has 0 aromatic heterocycles. The SMILES string of the molecule is CC1=CC23C(=O)[C@@H](C=C(CO)[C@@H](O)[C@]2(O)[C@H]1OC(=O)[C@@H]1CCCN1c1ccccc1)[C@H]1[C@@H](CC3C)C1(C)C. The van der Waals surface area contributed by atoms with Gasteiger partial charge in [0.1, 0.15) is 12.1 Å². The maximum absolute atomic E-state index is 14.5. The van der Waals surface area contributed by atoms with Crippen molar-refractivity contribution >= 4 is 17.4 Å². The van der Waals surface area contributed by atoms with Gasteiger partial charge in [0.25, 0.3) is 0 Å². The molecule has 6 rings (SSSR count). The molecule has 0 amide bonds. The molecule has 1 saturated heterocycles. The molecule has 1 aromatic rings. The number of aliphatic hydroxyl groups excluding tert-OH is 2. The van der Waals surface area contributed by atoms with Gasteiger partial charge in [-0.05, 0) is 72.6 Å². The Kier molecular flexibility index (Phi) is 5.77. The summed E-state index contributed by atoms with van der Waals surface area (Å²) in [5.74, 6) is -1.04. The summed E-state index contributed by atoms with van der Waals surface area (Å²) >= 11 is 0. The maximum atomic E-state index is 14.5. The van der Waals surface area contributed by atoms with Gasteiger partial charge in [0.15, 0.2) is 17.5 Å². The molecule has 1 spiro atoms. The van der Waals surface area contributed by atoms with Gasteiger partial charge in [0.2, 0.25) is 0 Å². The molecule has 38 heavy (non-hydrogen) atoms. The molecule has 2 saturated carbocycles. The lowest BCUT2D eigenvalue weighted by atomic mass is 9.59. The van der Waals surface area contributed by atoms with Crippen LogP contribution in [0.2, 0.25) is 0 Å². The molecule has 3 N–H and O–H groups in total. The summed E-state index contributed by atoms with van der Waals surface area (Å²) in [6, 6.07) is 9.18. The number of esters is 1. The highest BCUT2D eigenvalue weighted by Crippen LogP contribution is 2.71. The summed E-state index contributed by atoms with van der Waals surface area (Å²) in [5.41, 5.74) is -1.84. The summed E-state index contributed by atoms with van der Waals surface area (Å²) in [7, 11) is 0. The second kappa shape index (κ2) is 8.51. The number of rotatable bonds is 4. The van der Waals surface area contributed by atoms with Gasteiger partial charge in [-0.1, -0.05) is 51.1 Å². The Labute approximate surface area is 224 Å². The molecule has 0 radical (unpaired) electrons. The third-order valence-corrected chi connectivity index (χ3v) is 10.7. The zero-order valence-corrected chi connectivity index (χ0v) is 22.6. The van der Waals surface area contributed by atoms with Crippen molar-refractivity contribution in [3.05, 3.63) is 53.6 Å². The molecule has 2 unspecified atom stereocenters. The van der Waals surface area contributed by atoms with E-state index >= 15 is 0 Å². The minimum Gasteiger partial charge on any atom is -0.453 e. The van der Waals surface area contributed by atoms with E-state index in [9.17, 15) is 24.9 Å². The number of carbonyl (C=O) groups excluding carboxylic acids is 2. The molecule has 3 fully saturated rings. The first-order chi connectivity index (χ1) is 18.0. The van der Waals surface area contributed by atoms with E-state index in [0.29, 0.717) is 24.5 Å². The lowest BCUT2D eigenvalue weighted by molar-refractivity contribution is -0.204. The average Bonchev–Trinajstić information content (AvgIpc) is 3.20. The molecule has 2 bridgehead atoms. The fourth-order valence-electron chi connectivity index (χ4n) is 8.73. The summed E-state index contributed by atoms with van der Waals surface area (Å²) in [6.45, 7) is 8.30. The van der Waals surface area contributed by atoms with Gasteiger partial charge in [-0.25, -0.2) is 4.79 Å². The van der Waals surface area contributed by atoms with E-state index in [1.54, 1.807) is 19.1 Å². The van der Waals surface area contributed by atoms with Crippen LogP contribution in [0.4, 0.5) is 5.69 Å². The summed E-state index contributed by atoms with van der Waals surface area (Å²) in [6.07, 6.45) is 2.90. The monoisotopic (exact) mass is 521 g/mol. The van der Waals surface area contributed by atoms with Gasteiger partial charge in [0.05, 0.1) is 12.0 Å². The molecule has 9 atom stereocenters. The molecule has 1 aromatic carbocycles. The molecular formula is C31H39NO6. The van der Waals surface area contributed by atoms with Crippen molar-refractivity contribution in [2.24, 2.45) is 34.5 Å². The fourth-order valence-corrected chi connectivity index (χ4v) is 8.73. The lowest BCUT2D eigenvalue weighted by Crippen LogP contribution is -2.66. The van der Waals surface area contributed by atoms with E-state index in [1.165, 1.54) is 0 Å². The molecule has 1 aliphatic heterocycles. The summed E-state index contributed by atoms with van der Waals surface area (Å²) in [4.78, 5) is 30.2. The Balaban J connectivity index is 1.39. The molecule has 5 aliphatic rings. The largest absolute Gasteiger partial charge is 0.453 e. The zero-order valence-electron chi connectivity index (χ0n) is 22.6. The first kappa shape index (κ1) is 25.8. The Hall–Kier alpha value is -2.48. The molecule has 4 aliphatic carbocycles. The van der Waals surface area contributed by atoms with Crippen LogP contribution in [0.25, 0.3) is 0 Å². The van der Waals surface area contributed by atoms with Gasteiger partial charge in [-0.2, -0.15) is 0 Å². The summed E-state index contributed by atoms with van der Waals surface area (Å²) in [5, 5.41) is 34.6. The van der Waals surface area contributed by atoms with Crippen LogP contribution in [0.3, 0.4) is 0 Å². The second-order valence-corrected chi connectivity index (χ2v) is 12.9.